The van der Waals surface area contributed by atoms with Gasteiger partial charge in [-0.1, -0.05) is 0 Å². The molecule has 0 aromatic carbocycles. The lowest BCUT2D eigenvalue weighted by molar-refractivity contribution is -0.154. The third-order valence-corrected chi connectivity index (χ3v) is 3.75. The van der Waals surface area contributed by atoms with Crippen LogP contribution in [0.25, 0.3) is 0 Å². The Morgan fingerprint density at radius 3 is 2.18 bits per heavy atom. The molecular weight excluding hydrogens is 240 g/mol. The number of hydrogen-bond acceptors (Lipinski definition) is 5. The van der Waals surface area contributed by atoms with Crippen molar-refractivity contribution in [3.05, 3.63) is 0 Å². The van der Waals surface area contributed by atoms with E-state index in [1.165, 1.54) is 11.8 Å². The van der Waals surface area contributed by atoms with Crippen LogP contribution < -0.4 is 0 Å². The molecule has 0 spiro atoms. The van der Waals surface area contributed by atoms with Gasteiger partial charge in [0.25, 0.3) is 0 Å². The van der Waals surface area contributed by atoms with Crippen molar-refractivity contribution in [2.24, 2.45) is 0 Å². The normalized spacial score (nSPS) is 24.5. The smallest absolute Gasteiger partial charge is 0.319 e. The van der Waals surface area contributed by atoms with E-state index in [9.17, 15) is 9.59 Å². The third-order valence-electron chi connectivity index (χ3n) is 2.24. The topological polar surface area (TPSA) is 52.6 Å². The number of rotatable bonds is 3. The van der Waals surface area contributed by atoms with E-state index >= 15 is 0 Å². The van der Waals surface area contributed by atoms with Gasteiger partial charge in [-0.05, 0) is 40.5 Å². The van der Waals surface area contributed by atoms with Gasteiger partial charge in [-0.3, -0.25) is 9.59 Å². The van der Waals surface area contributed by atoms with Gasteiger partial charge in [0.1, 0.15) is 16.1 Å². The quantitative estimate of drug-likeness (QED) is 0.728. The lowest BCUT2D eigenvalue weighted by Crippen LogP contribution is -2.29. The van der Waals surface area contributed by atoms with Gasteiger partial charge in [-0.25, -0.2) is 0 Å². The zero-order valence-electron chi connectivity index (χ0n) is 10.8. The van der Waals surface area contributed by atoms with Crippen LogP contribution in [0.15, 0.2) is 0 Å². The van der Waals surface area contributed by atoms with Gasteiger partial charge in [-0.2, -0.15) is 0 Å². The van der Waals surface area contributed by atoms with Crippen LogP contribution in [0.3, 0.4) is 0 Å². The van der Waals surface area contributed by atoms with E-state index in [2.05, 4.69) is 0 Å². The Hall–Kier alpha value is -0.710. The van der Waals surface area contributed by atoms with Crippen molar-refractivity contribution in [1.29, 1.82) is 0 Å². The van der Waals surface area contributed by atoms with Gasteiger partial charge in [0.15, 0.2) is 0 Å². The number of ether oxygens (including phenoxy) is 2. The first-order valence-corrected chi connectivity index (χ1v) is 6.82. The molecule has 4 nitrogen and oxygen atoms in total. The van der Waals surface area contributed by atoms with Crippen molar-refractivity contribution < 1.29 is 19.1 Å². The number of esters is 2. The molecule has 0 radical (unpaired) electrons. The molecule has 0 saturated carbocycles. The maximum Gasteiger partial charge on any atom is 0.319 e. The minimum absolute atomic E-state index is 0.215. The zero-order chi connectivity index (χ0) is 13.1. The summed E-state index contributed by atoms with van der Waals surface area (Å²) in [6.07, 6.45) is 1.37. The average Bonchev–Trinajstić information content (AvgIpc) is 2.63. The minimum atomic E-state index is -0.473. The predicted molar refractivity (Wildman–Crippen MR) is 66.9 cm³/mol. The second-order valence-electron chi connectivity index (χ2n) is 4.98. The number of carbonyl (C=O) groups excluding carboxylic acids is 2. The molecule has 1 saturated heterocycles. The van der Waals surface area contributed by atoms with Crippen LogP contribution >= 0.6 is 11.8 Å². The lowest BCUT2D eigenvalue weighted by atomic mass is 10.1. The second-order valence-corrected chi connectivity index (χ2v) is 6.39. The van der Waals surface area contributed by atoms with Gasteiger partial charge in [0.2, 0.25) is 0 Å². The Kier molecular flexibility index (Phi) is 4.86. The Labute approximate surface area is 106 Å². The molecule has 5 heteroatoms. The SMILES string of the molecule is CCOC(=O)C1CCC(C(=O)OC(C)(C)C)S1. The summed E-state index contributed by atoms with van der Waals surface area (Å²) in [5, 5.41) is -0.448. The zero-order valence-corrected chi connectivity index (χ0v) is 11.6. The first kappa shape index (κ1) is 14.4. The molecule has 0 aliphatic carbocycles. The van der Waals surface area contributed by atoms with Crippen LogP contribution in [0.2, 0.25) is 0 Å². The standard InChI is InChI=1S/C12H20O4S/c1-5-15-10(13)8-6-7-9(17-8)11(14)16-12(2,3)4/h8-9H,5-7H2,1-4H3. The van der Waals surface area contributed by atoms with Crippen LogP contribution in [0, 0.1) is 0 Å². The fraction of sp³-hybridized carbons (Fsp3) is 0.833. The van der Waals surface area contributed by atoms with Crippen LogP contribution in [-0.4, -0.2) is 34.6 Å². The molecule has 2 unspecified atom stereocenters. The van der Waals surface area contributed by atoms with Gasteiger partial charge in [-0.15, -0.1) is 11.8 Å². The van der Waals surface area contributed by atoms with Gasteiger partial charge < -0.3 is 9.47 Å². The van der Waals surface area contributed by atoms with E-state index in [0.29, 0.717) is 19.4 Å². The summed E-state index contributed by atoms with van der Waals surface area (Å²) in [5.74, 6) is -0.446. The molecule has 1 rings (SSSR count). The third kappa shape index (κ3) is 4.58. The fourth-order valence-corrected chi connectivity index (χ4v) is 2.87. The summed E-state index contributed by atoms with van der Waals surface area (Å²) in [4.78, 5) is 23.3. The molecule has 0 N–H and O–H groups in total. The summed E-state index contributed by atoms with van der Waals surface area (Å²) in [7, 11) is 0. The molecule has 1 heterocycles. The van der Waals surface area contributed by atoms with Crippen molar-refractivity contribution in [3.63, 3.8) is 0 Å². The largest absolute Gasteiger partial charge is 0.465 e. The molecule has 1 aliphatic heterocycles. The molecule has 0 amide bonds. The molecule has 1 fully saturated rings. The highest BCUT2D eigenvalue weighted by Crippen LogP contribution is 2.35. The van der Waals surface area contributed by atoms with E-state index in [1.54, 1.807) is 6.92 Å². The van der Waals surface area contributed by atoms with Crippen LogP contribution in [0.1, 0.15) is 40.5 Å². The highest BCUT2D eigenvalue weighted by molar-refractivity contribution is 8.02. The van der Waals surface area contributed by atoms with Crippen LogP contribution in [0.5, 0.6) is 0 Å². The highest BCUT2D eigenvalue weighted by atomic mass is 32.2. The number of hydrogen-bond donors (Lipinski definition) is 0. The summed E-state index contributed by atoms with van der Waals surface area (Å²) in [6, 6.07) is 0. The molecule has 98 valence electrons. The maximum absolute atomic E-state index is 11.8. The first-order valence-electron chi connectivity index (χ1n) is 5.88. The molecule has 0 bridgehead atoms. The van der Waals surface area contributed by atoms with Crippen molar-refractivity contribution in [3.8, 4) is 0 Å². The molecule has 2 atom stereocenters. The first-order chi connectivity index (χ1) is 7.83. The Morgan fingerprint density at radius 2 is 1.71 bits per heavy atom. The second kappa shape index (κ2) is 5.76. The van der Waals surface area contributed by atoms with Crippen molar-refractivity contribution in [2.75, 3.05) is 6.61 Å². The van der Waals surface area contributed by atoms with Crippen molar-refractivity contribution in [1.82, 2.24) is 0 Å². The van der Waals surface area contributed by atoms with E-state index in [-0.39, 0.29) is 22.4 Å². The van der Waals surface area contributed by atoms with Crippen molar-refractivity contribution in [2.45, 2.75) is 56.6 Å². The van der Waals surface area contributed by atoms with Crippen molar-refractivity contribution >= 4 is 23.7 Å². The predicted octanol–water partition coefficient (Wildman–Crippen LogP) is 2.16. The van der Waals surface area contributed by atoms with Gasteiger partial charge >= 0.3 is 11.9 Å². The molecule has 1 aliphatic rings. The number of thioether (sulfide) groups is 1. The Morgan fingerprint density at radius 1 is 1.18 bits per heavy atom. The van der Waals surface area contributed by atoms with Crippen LogP contribution in [0.4, 0.5) is 0 Å². The van der Waals surface area contributed by atoms with Gasteiger partial charge in [0.05, 0.1) is 6.61 Å². The highest BCUT2D eigenvalue weighted by Gasteiger charge is 2.37. The Bertz CT molecular complexity index is 295. The van der Waals surface area contributed by atoms with E-state index in [4.69, 9.17) is 9.47 Å². The van der Waals surface area contributed by atoms with Crippen LogP contribution in [-0.2, 0) is 19.1 Å². The van der Waals surface area contributed by atoms with E-state index in [1.807, 2.05) is 20.8 Å². The summed E-state index contributed by atoms with van der Waals surface area (Å²) in [5.41, 5.74) is -0.473. The van der Waals surface area contributed by atoms with E-state index < -0.39 is 5.60 Å². The number of carbonyl (C=O) groups is 2. The summed E-state index contributed by atoms with van der Waals surface area (Å²) < 4.78 is 10.2. The Balaban J connectivity index is 2.45. The minimum Gasteiger partial charge on any atom is -0.465 e. The molecule has 17 heavy (non-hydrogen) atoms. The summed E-state index contributed by atoms with van der Waals surface area (Å²) in [6.45, 7) is 7.68. The fourth-order valence-electron chi connectivity index (χ4n) is 1.59. The average molecular weight is 260 g/mol. The van der Waals surface area contributed by atoms with E-state index in [0.717, 1.165) is 0 Å². The molecule has 0 aromatic rings. The van der Waals surface area contributed by atoms with Gasteiger partial charge in [0, 0.05) is 0 Å². The monoisotopic (exact) mass is 260 g/mol. The molecule has 0 aromatic heterocycles. The molecular formula is C12H20O4S. The summed E-state index contributed by atoms with van der Waals surface area (Å²) >= 11 is 1.36. The maximum atomic E-state index is 11.8. The lowest BCUT2D eigenvalue weighted by Gasteiger charge is -2.21.